The number of nitrogens with one attached hydrogen (secondary N) is 1. The third-order valence-electron chi connectivity index (χ3n) is 3.73. The summed E-state index contributed by atoms with van der Waals surface area (Å²) in [6, 6.07) is 14.8. The number of amides is 2. The Kier molecular flexibility index (Phi) is 6.38. The predicted octanol–water partition coefficient (Wildman–Crippen LogP) is 3.64. The molecule has 0 heterocycles. The third-order valence-corrected chi connectivity index (χ3v) is 4.10. The molecule has 0 saturated carbocycles. The molecule has 2 amide bonds. The van der Waals surface area contributed by atoms with E-state index in [9.17, 15) is 9.59 Å². The first kappa shape index (κ1) is 18.0. The van der Waals surface area contributed by atoms with Gasteiger partial charge in [-0.25, -0.2) is 0 Å². The zero-order valence-corrected chi connectivity index (χ0v) is 14.6. The predicted molar refractivity (Wildman–Crippen MR) is 95.8 cm³/mol. The van der Waals surface area contributed by atoms with Gasteiger partial charge in [0, 0.05) is 37.1 Å². The van der Waals surface area contributed by atoms with Gasteiger partial charge in [0.2, 0.25) is 5.91 Å². The van der Waals surface area contributed by atoms with E-state index in [4.69, 9.17) is 11.6 Å². The molecule has 126 valence electrons. The molecule has 1 N–H and O–H groups in total. The Hall–Kier alpha value is -2.33. The molecular formula is C19H21ClN2O2. The van der Waals surface area contributed by atoms with Crippen LogP contribution >= 0.6 is 11.6 Å². The smallest absolute Gasteiger partial charge is 0.254 e. The lowest BCUT2D eigenvalue weighted by atomic mass is 10.1. The van der Waals surface area contributed by atoms with Gasteiger partial charge in [-0.05, 0) is 36.2 Å². The van der Waals surface area contributed by atoms with Crippen molar-refractivity contribution >= 4 is 23.4 Å². The highest BCUT2D eigenvalue weighted by Gasteiger charge is 2.15. The summed E-state index contributed by atoms with van der Waals surface area (Å²) in [6.07, 6.45) is 0. The minimum Gasteiger partial charge on any atom is -0.352 e. The average Bonchev–Trinajstić information content (AvgIpc) is 2.59. The van der Waals surface area contributed by atoms with E-state index in [1.807, 2.05) is 43.3 Å². The van der Waals surface area contributed by atoms with Crippen molar-refractivity contribution in [3.8, 4) is 0 Å². The number of hydrogen-bond donors (Lipinski definition) is 1. The first-order chi connectivity index (χ1) is 11.5. The van der Waals surface area contributed by atoms with E-state index in [0.717, 1.165) is 11.1 Å². The molecule has 0 unspecified atom stereocenters. The van der Waals surface area contributed by atoms with Crippen LogP contribution in [0.2, 0.25) is 5.02 Å². The standard InChI is InChI=1S/C19H21ClN2O2/c1-3-22(13-17-6-4-5-7-18(17)20)19(24)16-10-8-15(9-11-16)12-21-14(2)23/h4-11H,3,12-13H2,1-2H3,(H,21,23). The van der Waals surface area contributed by atoms with Crippen LogP contribution < -0.4 is 5.32 Å². The second-order valence-electron chi connectivity index (χ2n) is 5.52. The Labute approximate surface area is 147 Å². The number of rotatable bonds is 6. The van der Waals surface area contributed by atoms with Crippen LogP contribution in [0.4, 0.5) is 0 Å². The number of carbonyl (C=O) groups is 2. The van der Waals surface area contributed by atoms with Crippen LogP contribution in [-0.2, 0) is 17.9 Å². The lowest BCUT2D eigenvalue weighted by Crippen LogP contribution is -2.30. The molecule has 2 aromatic rings. The quantitative estimate of drug-likeness (QED) is 0.869. The Bertz CT molecular complexity index is 714. The van der Waals surface area contributed by atoms with Crippen molar-refractivity contribution in [1.29, 1.82) is 0 Å². The largest absolute Gasteiger partial charge is 0.352 e. The summed E-state index contributed by atoms with van der Waals surface area (Å²) in [4.78, 5) is 25.4. The molecule has 4 nitrogen and oxygen atoms in total. The second kappa shape index (κ2) is 8.50. The Balaban J connectivity index is 2.08. The van der Waals surface area contributed by atoms with Gasteiger partial charge >= 0.3 is 0 Å². The van der Waals surface area contributed by atoms with Crippen LogP contribution in [0.25, 0.3) is 0 Å². The number of nitrogens with zero attached hydrogens (tertiary/aromatic N) is 1. The molecule has 2 aromatic carbocycles. The van der Waals surface area contributed by atoms with Gasteiger partial charge in [-0.3, -0.25) is 9.59 Å². The topological polar surface area (TPSA) is 49.4 Å². The minimum atomic E-state index is -0.0768. The molecule has 5 heteroatoms. The zero-order chi connectivity index (χ0) is 17.5. The zero-order valence-electron chi connectivity index (χ0n) is 13.9. The summed E-state index contributed by atoms with van der Waals surface area (Å²) < 4.78 is 0. The van der Waals surface area contributed by atoms with Crippen LogP contribution in [0, 0.1) is 0 Å². The van der Waals surface area contributed by atoms with Crippen molar-refractivity contribution in [1.82, 2.24) is 10.2 Å². The maximum absolute atomic E-state index is 12.7. The highest BCUT2D eigenvalue weighted by atomic mass is 35.5. The van der Waals surface area contributed by atoms with Crippen LogP contribution in [0.5, 0.6) is 0 Å². The van der Waals surface area contributed by atoms with Crippen molar-refractivity contribution < 1.29 is 9.59 Å². The molecule has 0 aliphatic rings. The summed E-state index contributed by atoms with van der Waals surface area (Å²) in [5.74, 6) is -0.115. The van der Waals surface area contributed by atoms with Gasteiger partial charge in [0.05, 0.1) is 0 Å². The van der Waals surface area contributed by atoms with E-state index in [0.29, 0.717) is 30.2 Å². The number of carbonyl (C=O) groups excluding carboxylic acids is 2. The monoisotopic (exact) mass is 344 g/mol. The number of halogens is 1. The van der Waals surface area contributed by atoms with Crippen LogP contribution in [0.1, 0.15) is 35.3 Å². The summed E-state index contributed by atoms with van der Waals surface area (Å²) in [5.41, 5.74) is 2.50. The fourth-order valence-electron chi connectivity index (χ4n) is 2.33. The molecule has 0 aromatic heterocycles. The Morgan fingerprint density at radius 2 is 1.75 bits per heavy atom. The number of hydrogen-bond acceptors (Lipinski definition) is 2. The van der Waals surface area contributed by atoms with Crippen molar-refractivity contribution in [2.24, 2.45) is 0 Å². The Morgan fingerprint density at radius 3 is 2.33 bits per heavy atom. The van der Waals surface area contributed by atoms with Gasteiger partial charge in [-0.15, -0.1) is 0 Å². The van der Waals surface area contributed by atoms with Gasteiger partial charge in [0.25, 0.3) is 5.91 Å². The molecule has 24 heavy (non-hydrogen) atoms. The second-order valence-corrected chi connectivity index (χ2v) is 5.92. The van der Waals surface area contributed by atoms with Crippen molar-refractivity contribution in [3.63, 3.8) is 0 Å². The molecule has 0 aliphatic heterocycles. The van der Waals surface area contributed by atoms with Crippen LogP contribution in [-0.4, -0.2) is 23.3 Å². The molecule has 0 saturated heterocycles. The first-order valence-corrected chi connectivity index (χ1v) is 8.25. The van der Waals surface area contributed by atoms with E-state index in [-0.39, 0.29) is 11.8 Å². The maximum Gasteiger partial charge on any atom is 0.254 e. The third kappa shape index (κ3) is 4.83. The summed E-state index contributed by atoms with van der Waals surface area (Å²) in [5, 5.41) is 3.40. The van der Waals surface area contributed by atoms with Gasteiger partial charge in [0.15, 0.2) is 0 Å². The van der Waals surface area contributed by atoms with E-state index in [1.165, 1.54) is 6.92 Å². The van der Waals surface area contributed by atoms with Gasteiger partial charge < -0.3 is 10.2 Å². The Morgan fingerprint density at radius 1 is 1.08 bits per heavy atom. The van der Waals surface area contributed by atoms with Gasteiger partial charge in [0.1, 0.15) is 0 Å². The lowest BCUT2D eigenvalue weighted by Gasteiger charge is -2.22. The fraction of sp³-hybridized carbons (Fsp3) is 0.263. The lowest BCUT2D eigenvalue weighted by molar-refractivity contribution is -0.119. The molecule has 2 rings (SSSR count). The minimum absolute atomic E-state index is 0.0384. The van der Waals surface area contributed by atoms with E-state index < -0.39 is 0 Å². The van der Waals surface area contributed by atoms with Crippen molar-refractivity contribution in [3.05, 3.63) is 70.2 Å². The molecule has 0 fully saturated rings. The highest BCUT2D eigenvalue weighted by molar-refractivity contribution is 6.31. The van der Waals surface area contributed by atoms with Gasteiger partial charge in [-0.1, -0.05) is 41.9 Å². The molecule has 0 atom stereocenters. The molecule has 0 radical (unpaired) electrons. The normalized spacial score (nSPS) is 10.3. The molecule has 0 bridgehead atoms. The van der Waals surface area contributed by atoms with E-state index in [2.05, 4.69) is 5.32 Å². The fourth-order valence-corrected chi connectivity index (χ4v) is 2.53. The molecule has 0 aliphatic carbocycles. The highest BCUT2D eigenvalue weighted by Crippen LogP contribution is 2.18. The average molecular weight is 345 g/mol. The maximum atomic E-state index is 12.7. The van der Waals surface area contributed by atoms with E-state index >= 15 is 0 Å². The number of benzene rings is 2. The summed E-state index contributed by atoms with van der Waals surface area (Å²) in [7, 11) is 0. The summed E-state index contributed by atoms with van der Waals surface area (Å²) >= 11 is 6.18. The van der Waals surface area contributed by atoms with Crippen LogP contribution in [0.15, 0.2) is 48.5 Å². The summed E-state index contributed by atoms with van der Waals surface area (Å²) in [6.45, 7) is 4.95. The van der Waals surface area contributed by atoms with Crippen molar-refractivity contribution in [2.45, 2.75) is 26.9 Å². The van der Waals surface area contributed by atoms with Gasteiger partial charge in [-0.2, -0.15) is 0 Å². The van der Waals surface area contributed by atoms with Crippen LogP contribution in [0.3, 0.4) is 0 Å². The first-order valence-electron chi connectivity index (χ1n) is 7.87. The molecule has 0 spiro atoms. The van der Waals surface area contributed by atoms with E-state index in [1.54, 1.807) is 17.0 Å². The van der Waals surface area contributed by atoms with Crippen molar-refractivity contribution in [2.75, 3.05) is 6.54 Å². The molecular weight excluding hydrogens is 324 g/mol. The SMILES string of the molecule is CCN(Cc1ccccc1Cl)C(=O)c1ccc(CNC(C)=O)cc1.